The first-order valence-corrected chi connectivity index (χ1v) is 17.0. The highest BCUT2D eigenvalue weighted by molar-refractivity contribution is 6.00. The van der Waals surface area contributed by atoms with Crippen molar-refractivity contribution in [3.63, 3.8) is 0 Å². The molecule has 5 aromatic carbocycles. The van der Waals surface area contributed by atoms with Crippen LogP contribution in [0.2, 0.25) is 0 Å². The zero-order valence-corrected chi connectivity index (χ0v) is 27.7. The second kappa shape index (κ2) is 14.7. The first-order chi connectivity index (χ1) is 24.2. The standard InChI is InChI=1S/C43H40N2O4/c1-47-34-25-23-31(24-26-34)27-29-44-41(46)43(37-21-11-9-19-35(37)36-20-10-12-22-38(36)43)28-13-4-14-30-48-42-45-39(32-15-5-2-6-16-32)40(49-42)33-17-7-3-8-18-33/h2-3,5-12,15-26H,4,13-14,27-30H2,1H3,(H,44,46). The number of hydrogen-bond donors (Lipinski definition) is 1. The molecule has 0 bridgehead atoms. The number of hydrogen-bond acceptors (Lipinski definition) is 5. The van der Waals surface area contributed by atoms with Gasteiger partial charge in [-0.2, -0.15) is 4.98 Å². The van der Waals surface area contributed by atoms with Crippen LogP contribution in [0.3, 0.4) is 0 Å². The maximum Gasteiger partial charge on any atom is 0.394 e. The van der Waals surface area contributed by atoms with E-state index in [-0.39, 0.29) is 12.0 Å². The smallest absolute Gasteiger partial charge is 0.394 e. The maximum absolute atomic E-state index is 14.4. The largest absolute Gasteiger partial charge is 0.497 e. The number of oxazole rings is 1. The summed E-state index contributed by atoms with van der Waals surface area (Å²) in [7, 11) is 1.67. The Hall–Kier alpha value is -5.62. The average molecular weight is 649 g/mol. The Morgan fingerprint density at radius 3 is 1.98 bits per heavy atom. The van der Waals surface area contributed by atoms with Crippen LogP contribution in [0, 0.1) is 0 Å². The Labute approximate surface area is 287 Å². The number of unbranched alkanes of at least 4 members (excludes halogenated alkanes) is 2. The van der Waals surface area contributed by atoms with Crippen molar-refractivity contribution in [2.24, 2.45) is 0 Å². The van der Waals surface area contributed by atoms with E-state index in [9.17, 15) is 4.79 Å². The molecule has 1 N–H and O–H groups in total. The van der Waals surface area contributed by atoms with Gasteiger partial charge in [0.15, 0.2) is 5.76 Å². The number of ether oxygens (including phenoxy) is 2. The van der Waals surface area contributed by atoms with Gasteiger partial charge in [0, 0.05) is 17.7 Å². The van der Waals surface area contributed by atoms with Crippen LogP contribution < -0.4 is 14.8 Å². The van der Waals surface area contributed by atoms with Gasteiger partial charge in [0.2, 0.25) is 5.91 Å². The molecule has 0 saturated carbocycles. The summed E-state index contributed by atoms with van der Waals surface area (Å²) in [4.78, 5) is 19.1. The van der Waals surface area contributed by atoms with Crippen LogP contribution in [-0.4, -0.2) is 31.2 Å². The molecule has 1 aliphatic rings. The molecule has 0 spiro atoms. The monoisotopic (exact) mass is 648 g/mol. The zero-order chi connectivity index (χ0) is 33.5. The van der Waals surface area contributed by atoms with Crippen molar-refractivity contribution in [1.29, 1.82) is 0 Å². The fraction of sp³-hybridized carbons (Fsp3) is 0.209. The summed E-state index contributed by atoms with van der Waals surface area (Å²) in [5, 5.41) is 3.32. The average Bonchev–Trinajstić information content (AvgIpc) is 3.72. The summed E-state index contributed by atoms with van der Waals surface area (Å²) in [6, 6.07) is 44.7. The summed E-state index contributed by atoms with van der Waals surface area (Å²) in [6.07, 6.45) is 4.26. The predicted molar refractivity (Wildman–Crippen MR) is 194 cm³/mol. The second-order valence-electron chi connectivity index (χ2n) is 12.4. The molecule has 1 aliphatic carbocycles. The topological polar surface area (TPSA) is 73.6 Å². The first-order valence-electron chi connectivity index (χ1n) is 17.0. The highest BCUT2D eigenvalue weighted by Gasteiger charge is 2.48. The van der Waals surface area contributed by atoms with Gasteiger partial charge in [-0.3, -0.25) is 4.79 Å². The van der Waals surface area contributed by atoms with Crippen molar-refractivity contribution in [3.8, 4) is 45.5 Å². The number of methoxy groups -OCH3 is 1. The number of carbonyl (C=O) groups excluding carboxylic acids is 1. The Kier molecular flexibility index (Phi) is 9.55. The number of aromatic nitrogens is 1. The first kappa shape index (κ1) is 32.0. The van der Waals surface area contributed by atoms with E-state index in [2.05, 4.69) is 41.7 Å². The quantitative estimate of drug-likeness (QED) is 0.119. The minimum absolute atomic E-state index is 0.0522. The van der Waals surface area contributed by atoms with Gasteiger partial charge < -0.3 is 19.2 Å². The molecule has 1 heterocycles. The highest BCUT2D eigenvalue weighted by atomic mass is 16.6. The van der Waals surface area contributed by atoms with Crippen LogP contribution in [0.25, 0.3) is 33.7 Å². The lowest BCUT2D eigenvalue weighted by atomic mass is 9.73. The molecule has 6 nitrogen and oxygen atoms in total. The van der Waals surface area contributed by atoms with E-state index in [1.165, 1.54) is 0 Å². The predicted octanol–water partition coefficient (Wildman–Crippen LogP) is 9.28. The van der Waals surface area contributed by atoms with Gasteiger partial charge in [-0.1, -0.05) is 134 Å². The number of benzene rings is 5. The van der Waals surface area contributed by atoms with E-state index >= 15 is 0 Å². The molecular formula is C43H40N2O4. The third-order valence-corrected chi connectivity index (χ3v) is 9.42. The van der Waals surface area contributed by atoms with Crippen molar-refractivity contribution < 1.29 is 18.7 Å². The van der Waals surface area contributed by atoms with Gasteiger partial charge in [-0.25, -0.2) is 0 Å². The summed E-state index contributed by atoms with van der Waals surface area (Å²) in [5.74, 6) is 1.57. The maximum atomic E-state index is 14.4. The van der Waals surface area contributed by atoms with E-state index in [0.29, 0.717) is 25.3 Å². The number of amides is 1. The van der Waals surface area contributed by atoms with Gasteiger partial charge >= 0.3 is 6.08 Å². The van der Waals surface area contributed by atoms with Crippen molar-refractivity contribution in [2.45, 2.75) is 37.5 Å². The Morgan fingerprint density at radius 2 is 1.33 bits per heavy atom. The third kappa shape index (κ3) is 6.59. The van der Waals surface area contributed by atoms with Crippen LogP contribution in [0.5, 0.6) is 11.8 Å². The van der Waals surface area contributed by atoms with Crippen molar-refractivity contribution in [3.05, 3.63) is 150 Å². The third-order valence-electron chi connectivity index (χ3n) is 9.42. The molecule has 0 saturated heterocycles. The number of carbonyl (C=O) groups is 1. The lowest BCUT2D eigenvalue weighted by Gasteiger charge is -2.31. The van der Waals surface area contributed by atoms with Crippen LogP contribution in [0.1, 0.15) is 42.4 Å². The van der Waals surface area contributed by atoms with Crippen molar-refractivity contribution >= 4 is 5.91 Å². The van der Waals surface area contributed by atoms with E-state index in [0.717, 1.165) is 76.1 Å². The van der Waals surface area contributed by atoms with Gasteiger partial charge in [-0.05, 0) is 59.2 Å². The molecule has 1 amide bonds. The number of nitrogens with one attached hydrogen (secondary N) is 1. The summed E-state index contributed by atoms with van der Waals surface area (Å²) >= 11 is 0. The zero-order valence-electron chi connectivity index (χ0n) is 27.7. The lowest BCUT2D eigenvalue weighted by molar-refractivity contribution is -0.125. The molecule has 246 valence electrons. The van der Waals surface area contributed by atoms with Gasteiger partial charge in [0.25, 0.3) is 0 Å². The highest BCUT2D eigenvalue weighted by Crippen LogP contribution is 2.51. The van der Waals surface area contributed by atoms with E-state index in [1.54, 1.807) is 7.11 Å². The van der Waals surface area contributed by atoms with Crippen LogP contribution in [0.15, 0.2) is 138 Å². The molecule has 0 fully saturated rings. The fourth-order valence-electron chi connectivity index (χ4n) is 6.98. The van der Waals surface area contributed by atoms with Crippen LogP contribution >= 0.6 is 0 Å². The molecule has 0 aliphatic heterocycles. The molecule has 0 unspecified atom stereocenters. The Balaban J connectivity index is 1.03. The van der Waals surface area contributed by atoms with E-state index in [4.69, 9.17) is 18.9 Å². The molecule has 0 radical (unpaired) electrons. The van der Waals surface area contributed by atoms with E-state index < -0.39 is 5.41 Å². The summed E-state index contributed by atoms with van der Waals surface area (Å²) in [5.41, 5.74) is 7.52. The normalized spacial score (nSPS) is 12.6. The van der Waals surface area contributed by atoms with Crippen molar-refractivity contribution in [1.82, 2.24) is 10.3 Å². The second-order valence-corrected chi connectivity index (χ2v) is 12.4. The minimum atomic E-state index is -0.758. The van der Waals surface area contributed by atoms with Crippen molar-refractivity contribution in [2.75, 3.05) is 20.3 Å². The Bertz CT molecular complexity index is 1900. The fourth-order valence-corrected chi connectivity index (χ4v) is 6.98. The molecule has 1 aromatic heterocycles. The Morgan fingerprint density at radius 1 is 0.714 bits per heavy atom. The number of rotatable bonds is 14. The summed E-state index contributed by atoms with van der Waals surface area (Å²) in [6.45, 7) is 1.02. The van der Waals surface area contributed by atoms with Crippen LogP contribution in [-0.2, 0) is 16.6 Å². The molecule has 6 aromatic rings. The van der Waals surface area contributed by atoms with Gasteiger partial charge in [-0.15, -0.1) is 0 Å². The molecule has 0 atom stereocenters. The van der Waals surface area contributed by atoms with Crippen LogP contribution in [0.4, 0.5) is 0 Å². The number of nitrogens with zero attached hydrogens (tertiary/aromatic N) is 1. The van der Waals surface area contributed by atoms with E-state index in [1.807, 2.05) is 97.1 Å². The SMILES string of the molecule is COc1ccc(CCNC(=O)C2(CCCCCOc3nc(-c4ccccc4)c(-c4ccccc4)o3)c3ccccc3-c3ccccc32)cc1. The molecule has 7 rings (SSSR count). The van der Waals surface area contributed by atoms with Gasteiger partial charge in [0.05, 0.1) is 13.7 Å². The van der Waals surface area contributed by atoms with Gasteiger partial charge in [0.1, 0.15) is 16.9 Å². The summed E-state index contributed by atoms with van der Waals surface area (Å²) < 4.78 is 17.5. The molecule has 49 heavy (non-hydrogen) atoms. The number of fused-ring (bicyclic) bond motifs is 3. The lowest BCUT2D eigenvalue weighted by Crippen LogP contribution is -2.45. The molecular weight excluding hydrogens is 608 g/mol. The molecule has 6 heteroatoms. The minimum Gasteiger partial charge on any atom is -0.497 e.